The van der Waals surface area contributed by atoms with E-state index in [-0.39, 0.29) is 22.0 Å². The lowest BCUT2D eigenvalue weighted by atomic mass is 10.0. The molecule has 0 bridgehead atoms. The van der Waals surface area contributed by atoms with Crippen LogP contribution < -0.4 is 5.32 Å². The standard InChI is InChI=1S/C22H17ClF2N2O3S/c23-18-9-8-16(12-17(18)22(28)26-21-19(24)6-3-7-20(21)25)31(29,30)27-11-10-14-4-1-2-5-15(14)13-27/h1-9,12H,10-11,13H2,(H,26,28). The SMILES string of the molecule is O=C(Nc1c(F)cccc1F)c1cc(S(=O)(=O)N2CCc3ccccc3C2)ccc1Cl. The van der Waals surface area contributed by atoms with E-state index in [1.807, 2.05) is 24.3 Å². The smallest absolute Gasteiger partial charge is 0.257 e. The van der Waals surface area contributed by atoms with Gasteiger partial charge >= 0.3 is 0 Å². The van der Waals surface area contributed by atoms with Crippen LogP contribution in [0.4, 0.5) is 14.5 Å². The molecule has 0 saturated heterocycles. The van der Waals surface area contributed by atoms with Gasteiger partial charge in [-0.3, -0.25) is 4.79 Å². The molecule has 5 nitrogen and oxygen atoms in total. The van der Waals surface area contributed by atoms with E-state index in [9.17, 15) is 22.0 Å². The van der Waals surface area contributed by atoms with E-state index in [0.717, 1.165) is 35.4 Å². The number of carbonyl (C=O) groups excluding carboxylic acids is 1. The molecule has 0 atom stereocenters. The van der Waals surface area contributed by atoms with Gasteiger partial charge in [-0.1, -0.05) is 41.9 Å². The number of anilines is 1. The van der Waals surface area contributed by atoms with Gasteiger partial charge in [0.25, 0.3) is 5.91 Å². The van der Waals surface area contributed by atoms with Gasteiger partial charge in [-0.15, -0.1) is 0 Å². The van der Waals surface area contributed by atoms with Crippen LogP contribution in [0.3, 0.4) is 0 Å². The maximum Gasteiger partial charge on any atom is 0.257 e. The molecule has 0 saturated carbocycles. The molecule has 3 aromatic rings. The lowest BCUT2D eigenvalue weighted by Gasteiger charge is -2.28. The van der Waals surface area contributed by atoms with Crippen LogP contribution in [-0.4, -0.2) is 25.2 Å². The monoisotopic (exact) mass is 462 g/mol. The highest BCUT2D eigenvalue weighted by molar-refractivity contribution is 7.89. The van der Waals surface area contributed by atoms with Gasteiger partial charge in [-0.05, 0) is 47.9 Å². The van der Waals surface area contributed by atoms with Crippen molar-refractivity contribution >= 4 is 33.2 Å². The predicted molar refractivity (Wildman–Crippen MR) is 114 cm³/mol. The molecule has 1 heterocycles. The summed E-state index contributed by atoms with van der Waals surface area (Å²) in [6.07, 6.45) is 0.572. The van der Waals surface area contributed by atoms with Crippen molar-refractivity contribution in [3.05, 3.63) is 94.0 Å². The zero-order valence-electron chi connectivity index (χ0n) is 16.1. The van der Waals surface area contributed by atoms with Crippen LogP contribution in [0.25, 0.3) is 0 Å². The van der Waals surface area contributed by atoms with Crippen molar-refractivity contribution in [2.24, 2.45) is 0 Å². The highest BCUT2D eigenvalue weighted by Crippen LogP contribution is 2.28. The number of rotatable bonds is 4. The Labute approximate surface area is 183 Å². The molecule has 160 valence electrons. The molecule has 3 aromatic carbocycles. The van der Waals surface area contributed by atoms with E-state index in [0.29, 0.717) is 13.0 Å². The van der Waals surface area contributed by atoms with Crippen LogP contribution in [0.15, 0.2) is 65.6 Å². The Morgan fingerprint density at radius 1 is 0.968 bits per heavy atom. The fraction of sp³-hybridized carbons (Fsp3) is 0.136. The first-order valence-corrected chi connectivity index (χ1v) is 11.2. The molecule has 1 N–H and O–H groups in total. The molecule has 0 aliphatic carbocycles. The molecule has 4 rings (SSSR count). The van der Waals surface area contributed by atoms with Crippen molar-refractivity contribution < 1.29 is 22.0 Å². The summed E-state index contributed by atoms with van der Waals surface area (Å²) in [5, 5.41) is 2.08. The summed E-state index contributed by atoms with van der Waals surface area (Å²) in [4.78, 5) is 12.5. The Hall–Kier alpha value is -2.81. The number of carbonyl (C=O) groups is 1. The third kappa shape index (κ3) is 4.19. The van der Waals surface area contributed by atoms with Gasteiger partial charge < -0.3 is 5.32 Å². The van der Waals surface area contributed by atoms with Crippen LogP contribution in [0.5, 0.6) is 0 Å². The summed E-state index contributed by atoms with van der Waals surface area (Å²) >= 11 is 6.08. The number of hydrogen-bond acceptors (Lipinski definition) is 3. The minimum absolute atomic E-state index is 0.0443. The molecule has 1 aliphatic rings. The number of fused-ring (bicyclic) bond motifs is 1. The quantitative estimate of drug-likeness (QED) is 0.615. The van der Waals surface area contributed by atoms with Crippen LogP contribution in [0, 0.1) is 11.6 Å². The van der Waals surface area contributed by atoms with Crippen molar-refractivity contribution in [3.8, 4) is 0 Å². The summed E-state index contributed by atoms with van der Waals surface area (Å²) in [5.74, 6) is -2.84. The molecular formula is C22H17ClF2N2O3S. The van der Waals surface area contributed by atoms with Gasteiger partial charge in [-0.2, -0.15) is 4.31 Å². The molecule has 0 unspecified atom stereocenters. The number of nitrogens with one attached hydrogen (secondary N) is 1. The van der Waals surface area contributed by atoms with E-state index >= 15 is 0 Å². The van der Waals surface area contributed by atoms with E-state index in [2.05, 4.69) is 5.32 Å². The second-order valence-electron chi connectivity index (χ2n) is 7.05. The van der Waals surface area contributed by atoms with Gasteiger partial charge in [0.1, 0.15) is 17.3 Å². The molecule has 0 fully saturated rings. The minimum atomic E-state index is -3.92. The Kier molecular flexibility index (Phi) is 5.79. The molecule has 1 aliphatic heterocycles. The number of sulfonamides is 1. The minimum Gasteiger partial charge on any atom is -0.317 e. The third-order valence-electron chi connectivity index (χ3n) is 5.12. The van der Waals surface area contributed by atoms with Crippen LogP contribution in [0.2, 0.25) is 5.02 Å². The highest BCUT2D eigenvalue weighted by atomic mass is 35.5. The topological polar surface area (TPSA) is 66.5 Å². The van der Waals surface area contributed by atoms with Gasteiger partial charge in [0.15, 0.2) is 0 Å². The molecular weight excluding hydrogens is 446 g/mol. The van der Waals surface area contributed by atoms with Gasteiger partial charge in [0.2, 0.25) is 10.0 Å². The van der Waals surface area contributed by atoms with E-state index in [4.69, 9.17) is 11.6 Å². The second kappa shape index (κ2) is 8.37. The molecule has 0 aromatic heterocycles. The van der Waals surface area contributed by atoms with E-state index in [1.54, 1.807) is 0 Å². The summed E-state index contributed by atoms with van der Waals surface area (Å²) in [6, 6.07) is 14.4. The highest BCUT2D eigenvalue weighted by Gasteiger charge is 2.29. The Morgan fingerprint density at radius 2 is 1.65 bits per heavy atom. The summed E-state index contributed by atoms with van der Waals surface area (Å²) < 4.78 is 55.4. The number of halogens is 3. The zero-order chi connectivity index (χ0) is 22.2. The molecule has 1 amide bonds. The number of amides is 1. The van der Waals surface area contributed by atoms with Crippen molar-refractivity contribution in [2.75, 3.05) is 11.9 Å². The van der Waals surface area contributed by atoms with Crippen molar-refractivity contribution in [3.63, 3.8) is 0 Å². The zero-order valence-corrected chi connectivity index (χ0v) is 17.7. The fourth-order valence-corrected chi connectivity index (χ4v) is 5.11. The van der Waals surface area contributed by atoms with Gasteiger partial charge in [0.05, 0.1) is 15.5 Å². The summed E-state index contributed by atoms with van der Waals surface area (Å²) in [7, 11) is -3.92. The second-order valence-corrected chi connectivity index (χ2v) is 9.39. The number of para-hydroxylation sites is 1. The Morgan fingerprint density at radius 3 is 2.35 bits per heavy atom. The van der Waals surface area contributed by atoms with E-state index in [1.165, 1.54) is 16.4 Å². The van der Waals surface area contributed by atoms with Crippen LogP contribution >= 0.6 is 11.6 Å². The lowest BCUT2D eigenvalue weighted by Crippen LogP contribution is -2.36. The average Bonchev–Trinajstić information content (AvgIpc) is 2.76. The molecule has 31 heavy (non-hydrogen) atoms. The maximum absolute atomic E-state index is 13.9. The fourth-order valence-electron chi connectivity index (χ4n) is 3.46. The first-order chi connectivity index (χ1) is 14.8. The van der Waals surface area contributed by atoms with Crippen molar-refractivity contribution in [1.29, 1.82) is 0 Å². The first-order valence-electron chi connectivity index (χ1n) is 9.39. The Balaban J connectivity index is 1.64. The van der Waals surface area contributed by atoms with Crippen LogP contribution in [0.1, 0.15) is 21.5 Å². The molecule has 0 spiro atoms. The number of hydrogen-bond donors (Lipinski definition) is 1. The van der Waals surface area contributed by atoms with E-state index < -0.39 is 33.3 Å². The summed E-state index contributed by atoms with van der Waals surface area (Å²) in [5.41, 5.74) is 1.17. The third-order valence-corrected chi connectivity index (χ3v) is 7.29. The first kappa shape index (κ1) is 21.4. The Bertz CT molecular complexity index is 1260. The van der Waals surface area contributed by atoms with Crippen molar-refractivity contribution in [2.45, 2.75) is 17.9 Å². The summed E-state index contributed by atoms with van der Waals surface area (Å²) in [6.45, 7) is 0.507. The largest absolute Gasteiger partial charge is 0.317 e. The number of nitrogens with zero attached hydrogens (tertiary/aromatic N) is 1. The van der Waals surface area contributed by atoms with Gasteiger partial charge in [-0.25, -0.2) is 17.2 Å². The average molecular weight is 463 g/mol. The van der Waals surface area contributed by atoms with Crippen molar-refractivity contribution in [1.82, 2.24) is 4.31 Å². The predicted octanol–water partition coefficient (Wildman–Crippen LogP) is 4.62. The molecule has 9 heteroatoms. The van der Waals surface area contributed by atoms with Crippen LogP contribution in [-0.2, 0) is 23.0 Å². The maximum atomic E-state index is 13.9. The number of benzene rings is 3. The lowest BCUT2D eigenvalue weighted by molar-refractivity contribution is 0.102. The normalized spacial score (nSPS) is 14.2. The van der Waals surface area contributed by atoms with Gasteiger partial charge in [0, 0.05) is 13.1 Å². The molecule has 0 radical (unpaired) electrons.